The summed E-state index contributed by atoms with van der Waals surface area (Å²) < 4.78 is 10.8. The van der Waals surface area contributed by atoms with Crippen molar-refractivity contribution in [2.75, 3.05) is 19.5 Å². The Hall–Kier alpha value is -1.38. The Morgan fingerprint density at radius 3 is 2.33 bits per heavy atom. The highest BCUT2D eigenvalue weighted by atomic mass is 16.5. The van der Waals surface area contributed by atoms with Crippen LogP contribution in [0.25, 0.3) is 0 Å². The number of nitrogens with one attached hydrogen (secondary N) is 1. The Morgan fingerprint density at radius 1 is 0.952 bits per heavy atom. The number of hydrogen-bond donors (Lipinski definition) is 1. The Bertz CT molecular complexity index is 496. The van der Waals surface area contributed by atoms with Gasteiger partial charge >= 0.3 is 0 Å². The maximum atomic E-state index is 5.43. The van der Waals surface area contributed by atoms with Gasteiger partial charge in [0.25, 0.3) is 0 Å². The molecule has 21 heavy (non-hydrogen) atoms. The van der Waals surface area contributed by atoms with Gasteiger partial charge in [0.15, 0.2) is 11.5 Å². The normalized spacial score (nSPS) is 25.5. The zero-order valence-electron chi connectivity index (χ0n) is 13.4. The largest absolute Gasteiger partial charge is 0.493 e. The molecule has 0 aliphatic heterocycles. The summed E-state index contributed by atoms with van der Waals surface area (Å²) in [5.74, 6) is 3.60. The molecule has 3 rings (SSSR count). The van der Waals surface area contributed by atoms with E-state index in [0.717, 1.165) is 23.3 Å². The molecule has 0 bridgehead atoms. The van der Waals surface area contributed by atoms with Gasteiger partial charge in [-0.1, -0.05) is 12.8 Å². The molecule has 3 nitrogen and oxygen atoms in total. The Kier molecular flexibility index (Phi) is 4.27. The fourth-order valence-electron chi connectivity index (χ4n) is 3.71. The monoisotopic (exact) mass is 289 g/mol. The molecule has 2 aliphatic rings. The van der Waals surface area contributed by atoms with Gasteiger partial charge in [-0.3, -0.25) is 0 Å². The van der Waals surface area contributed by atoms with Gasteiger partial charge < -0.3 is 14.8 Å². The van der Waals surface area contributed by atoms with Crippen LogP contribution in [0.4, 0.5) is 5.69 Å². The van der Waals surface area contributed by atoms with Gasteiger partial charge in [0, 0.05) is 17.8 Å². The zero-order valence-corrected chi connectivity index (χ0v) is 13.4. The first kappa shape index (κ1) is 14.6. The van der Waals surface area contributed by atoms with E-state index in [-0.39, 0.29) is 0 Å². The minimum atomic E-state index is 0.612. The molecular formula is C18H27NO2. The van der Waals surface area contributed by atoms with Crippen LogP contribution in [0.2, 0.25) is 0 Å². The summed E-state index contributed by atoms with van der Waals surface area (Å²) >= 11 is 0. The number of anilines is 1. The average Bonchev–Trinajstić information content (AvgIpc) is 3.34. The van der Waals surface area contributed by atoms with Crippen molar-refractivity contribution in [2.45, 2.75) is 51.5 Å². The van der Waals surface area contributed by atoms with Crippen LogP contribution in [-0.2, 0) is 0 Å². The van der Waals surface area contributed by atoms with Gasteiger partial charge in [0.2, 0.25) is 0 Å². The number of hydrogen-bond acceptors (Lipinski definition) is 3. The van der Waals surface area contributed by atoms with Crippen LogP contribution in [0, 0.1) is 18.8 Å². The van der Waals surface area contributed by atoms with E-state index in [0.29, 0.717) is 6.04 Å². The minimum Gasteiger partial charge on any atom is -0.493 e. The second kappa shape index (κ2) is 6.17. The van der Waals surface area contributed by atoms with Crippen LogP contribution < -0.4 is 14.8 Å². The number of benzene rings is 1. The first-order chi connectivity index (χ1) is 10.2. The molecule has 1 N–H and O–H groups in total. The van der Waals surface area contributed by atoms with Crippen LogP contribution in [0.1, 0.15) is 44.1 Å². The van der Waals surface area contributed by atoms with Crippen molar-refractivity contribution in [3.63, 3.8) is 0 Å². The average molecular weight is 289 g/mol. The maximum absolute atomic E-state index is 5.43. The number of ether oxygens (including phenoxy) is 2. The number of rotatable bonds is 5. The van der Waals surface area contributed by atoms with Crippen molar-refractivity contribution in [1.82, 2.24) is 0 Å². The molecule has 0 amide bonds. The fraction of sp³-hybridized carbons (Fsp3) is 0.667. The molecule has 0 aromatic heterocycles. The second-order valence-electron chi connectivity index (χ2n) is 6.63. The fourth-order valence-corrected chi connectivity index (χ4v) is 3.71. The molecule has 0 saturated heterocycles. The molecule has 0 heterocycles. The van der Waals surface area contributed by atoms with Crippen molar-refractivity contribution in [3.05, 3.63) is 17.7 Å². The van der Waals surface area contributed by atoms with Crippen molar-refractivity contribution in [2.24, 2.45) is 11.8 Å². The van der Waals surface area contributed by atoms with Crippen LogP contribution in [0.5, 0.6) is 11.5 Å². The first-order valence-electron chi connectivity index (χ1n) is 8.20. The Labute approximate surface area is 128 Å². The number of methoxy groups -OCH3 is 2. The molecule has 1 aromatic carbocycles. The van der Waals surface area contributed by atoms with Crippen LogP contribution >= 0.6 is 0 Å². The van der Waals surface area contributed by atoms with Crippen molar-refractivity contribution in [3.8, 4) is 11.5 Å². The lowest BCUT2D eigenvalue weighted by atomic mass is 9.82. The highest BCUT2D eigenvalue weighted by molar-refractivity contribution is 5.60. The quantitative estimate of drug-likeness (QED) is 0.872. The van der Waals surface area contributed by atoms with Gasteiger partial charge in [-0.15, -0.1) is 0 Å². The smallest absolute Gasteiger partial charge is 0.162 e. The molecule has 2 saturated carbocycles. The highest BCUT2D eigenvalue weighted by Gasteiger charge is 2.34. The van der Waals surface area contributed by atoms with E-state index in [1.54, 1.807) is 14.2 Å². The van der Waals surface area contributed by atoms with Crippen molar-refractivity contribution in [1.29, 1.82) is 0 Å². The predicted octanol–water partition coefficient (Wildman–Crippen LogP) is 4.39. The molecule has 1 aromatic rings. The molecule has 2 aliphatic carbocycles. The minimum absolute atomic E-state index is 0.612. The number of aryl methyl sites for hydroxylation is 1. The molecule has 2 fully saturated rings. The zero-order chi connectivity index (χ0) is 14.8. The van der Waals surface area contributed by atoms with Crippen molar-refractivity contribution < 1.29 is 9.47 Å². The van der Waals surface area contributed by atoms with Crippen molar-refractivity contribution >= 4 is 5.69 Å². The van der Waals surface area contributed by atoms with E-state index >= 15 is 0 Å². The molecule has 2 unspecified atom stereocenters. The molecule has 0 spiro atoms. The van der Waals surface area contributed by atoms with Gasteiger partial charge in [-0.25, -0.2) is 0 Å². The van der Waals surface area contributed by atoms with Crippen LogP contribution in [0.15, 0.2) is 12.1 Å². The molecule has 116 valence electrons. The van der Waals surface area contributed by atoms with E-state index < -0.39 is 0 Å². The Balaban J connectivity index is 1.71. The topological polar surface area (TPSA) is 30.5 Å². The molecular weight excluding hydrogens is 262 g/mol. The summed E-state index contributed by atoms with van der Waals surface area (Å²) in [4.78, 5) is 0. The summed E-state index contributed by atoms with van der Waals surface area (Å²) in [5.41, 5.74) is 2.41. The van der Waals surface area contributed by atoms with E-state index in [4.69, 9.17) is 9.47 Å². The van der Waals surface area contributed by atoms with Gasteiger partial charge in [0.1, 0.15) is 0 Å². The summed E-state index contributed by atoms with van der Waals surface area (Å²) in [6.07, 6.45) is 8.36. The molecule has 0 radical (unpaired) electrons. The third kappa shape index (κ3) is 3.28. The van der Waals surface area contributed by atoms with Crippen LogP contribution in [0.3, 0.4) is 0 Å². The standard InChI is InChI=1S/C18H27NO2/c1-12-9-17(20-2)18(21-3)11-16(12)19-15-6-4-5-14(10-15)13-7-8-13/h9,11,13-15,19H,4-8,10H2,1-3H3. The SMILES string of the molecule is COc1cc(C)c(NC2CCCC(C3CC3)C2)cc1OC. The van der Waals surface area contributed by atoms with Gasteiger partial charge in [-0.2, -0.15) is 0 Å². The highest BCUT2D eigenvalue weighted by Crippen LogP contribution is 2.44. The lowest BCUT2D eigenvalue weighted by Gasteiger charge is -2.31. The summed E-state index contributed by atoms with van der Waals surface area (Å²) in [5, 5.41) is 3.75. The lowest BCUT2D eigenvalue weighted by molar-refractivity contribution is 0.303. The van der Waals surface area contributed by atoms with E-state index in [1.807, 2.05) is 0 Å². The molecule has 2 atom stereocenters. The summed E-state index contributed by atoms with van der Waals surface area (Å²) in [6, 6.07) is 4.75. The van der Waals surface area contributed by atoms with E-state index in [9.17, 15) is 0 Å². The predicted molar refractivity (Wildman–Crippen MR) is 86.4 cm³/mol. The summed E-state index contributed by atoms with van der Waals surface area (Å²) in [7, 11) is 3.38. The second-order valence-corrected chi connectivity index (χ2v) is 6.63. The first-order valence-corrected chi connectivity index (χ1v) is 8.20. The Morgan fingerprint density at radius 2 is 1.67 bits per heavy atom. The van der Waals surface area contributed by atoms with E-state index in [1.165, 1.54) is 49.8 Å². The van der Waals surface area contributed by atoms with Gasteiger partial charge in [0.05, 0.1) is 14.2 Å². The van der Waals surface area contributed by atoms with Crippen LogP contribution in [-0.4, -0.2) is 20.3 Å². The lowest BCUT2D eigenvalue weighted by Crippen LogP contribution is -2.28. The molecule has 3 heteroatoms. The van der Waals surface area contributed by atoms with E-state index in [2.05, 4.69) is 24.4 Å². The summed E-state index contributed by atoms with van der Waals surface area (Å²) in [6.45, 7) is 2.13. The van der Waals surface area contributed by atoms with Gasteiger partial charge in [-0.05, 0) is 56.1 Å². The maximum Gasteiger partial charge on any atom is 0.162 e. The third-order valence-corrected chi connectivity index (χ3v) is 5.09. The third-order valence-electron chi connectivity index (χ3n) is 5.09.